The first-order valence-electron chi connectivity index (χ1n) is 1.70. The zero-order chi connectivity index (χ0) is 6.57. The van der Waals surface area contributed by atoms with Gasteiger partial charge < -0.3 is 4.55 Å². The molecular formula is C2H4FINO2S-. The van der Waals surface area contributed by atoms with Crippen LogP contribution in [-0.4, -0.2) is 18.9 Å². The number of hydrogen-bond acceptors (Lipinski definition) is 3. The highest BCUT2D eigenvalue weighted by Crippen LogP contribution is 1.89. The van der Waals surface area contributed by atoms with Gasteiger partial charge in [0.15, 0.2) is 0 Å². The molecule has 0 amide bonds. The van der Waals surface area contributed by atoms with E-state index >= 15 is 0 Å². The molecule has 0 saturated heterocycles. The molecule has 8 heavy (non-hydrogen) atoms. The smallest absolute Gasteiger partial charge is 0.214 e. The molecule has 0 aliphatic heterocycles. The Morgan fingerprint density at radius 1 is 2.00 bits per heavy atom. The topological polar surface area (TPSA) is 52.2 Å². The van der Waals surface area contributed by atoms with E-state index in [4.69, 9.17) is 0 Å². The van der Waals surface area contributed by atoms with Crippen molar-refractivity contribution in [3.05, 3.63) is 0 Å². The van der Waals surface area contributed by atoms with E-state index in [9.17, 15) is 13.2 Å². The summed E-state index contributed by atoms with van der Waals surface area (Å²) in [6, 6.07) is 0. The Balaban J connectivity index is 3.32. The van der Waals surface area contributed by atoms with Crippen LogP contribution in [0.3, 0.4) is 0 Å². The SMILES string of the molecule is O=S([O-])C(F)NCI. The van der Waals surface area contributed by atoms with Gasteiger partial charge in [-0.15, -0.1) is 0 Å². The molecule has 1 N–H and O–H groups in total. The van der Waals surface area contributed by atoms with Gasteiger partial charge in [-0.1, -0.05) is 22.6 Å². The quantitative estimate of drug-likeness (QED) is 0.335. The van der Waals surface area contributed by atoms with E-state index in [1.165, 1.54) is 0 Å². The molecule has 0 aromatic carbocycles. The van der Waals surface area contributed by atoms with Crippen molar-refractivity contribution in [1.82, 2.24) is 5.32 Å². The molecule has 3 nitrogen and oxygen atoms in total. The molecule has 0 bridgehead atoms. The molecule has 50 valence electrons. The first-order chi connectivity index (χ1) is 3.68. The zero-order valence-electron chi connectivity index (χ0n) is 3.77. The van der Waals surface area contributed by atoms with Crippen LogP contribution in [0.5, 0.6) is 0 Å². The Morgan fingerprint density at radius 3 is 2.62 bits per heavy atom. The van der Waals surface area contributed by atoms with Crippen LogP contribution in [0.2, 0.25) is 0 Å². The molecule has 0 spiro atoms. The lowest BCUT2D eigenvalue weighted by Gasteiger charge is -2.09. The van der Waals surface area contributed by atoms with Crippen molar-refractivity contribution in [2.24, 2.45) is 0 Å². The summed E-state index contributed by atoms with van der Waals surface area (Å²) in [6.07, 6.45) is 0. The second-order valence-electron chi connectivity index (χ2n) is 0.914. The number of alkyl halides is 2. The van der Waals surface area contributed by atoms with Gasteiger partial charge in [-0.3, -0.25) is 9.53 Å². The van der Waals surface area contributed by atoms with Crippen molar-refractivity contribution < 1.29 is 13.2 Å². The molecule has 0 radical (unpaired) electrons. The maximum atomic E-state index is 11.8. The predicted octanol–water partition coefficient (Wildman–Crippen LogP) is 0.101. The van der Waals surface area contributed by atoms with Gasteiger partial charge >= 0.3 is 0 Å². The number of hydrogen-bond donors (Lipinski definition) is 1. The molecule has 0 aliphatic carbocycles. The summed E-state index contributed by atoms with van der Waals surface area (Å²) in [7, 11) is 0. The summed E-state index contributed by atoms with van der Waals surface area (Å²) in [6.45, 7) is 0. The first-order valence-corrected chi connectivity index (χ1v) is 4.36. The monoisotopic (exact) mass is 252 g/mol. The fourth-order valence-electron chi connectivity index (χ4n) is 0.129. The molecule has 0 heterocycles. The molecule has 0 aromatic rings. The van der Waals surface area contributed by atoms with Crippen molar-refractivity contribution in [3.8, 4) is 0 Å². The van der Waals surface area contributed by atoms with Crippen molar-refractivity contribution in [2.45, 2.75) is 5.63 Å². The van der Waals surface area contributed by atoms with Gasteiger partial charge in [0.2, 0.25) is 5.63 Å². The number of halogens is 2. The van der Waals surface area contributed by atoms with Gasteiger partial charge in [-0.05, 0) is 11.1 Å². The van der Waals surface area contributed by atoms with Crippen LogP contribution in [-0.2, 0) is 11.1 Å². The highest BCUT2D eigenvalue weighted by molar-refractivity contribution is 14.1. The minimum absolute atomic E-state index is 0.285. The highest BCUT2D eigenvalue weighted by Gasteiger charge is 2.00. The third kappa shape index (κ3) is 3.70. The second kappa shape index (κ2) is 4.59. The predicted molar refractivity (Wildman–Crippen MR) is 35.8 cm³/mol. The van der Waals surface area contributed by atoms with E-state index in [1.54, 1.807) is 0 Å². The minimum Gasteiger partial charge on any atom is -0.769 e. The fourth-order valence-corrected chi connectivity index (χ4v) is 1.03. The molecular weight excluding hydrogens is 248 g/mol. The second-order valence-corrected chi connectivity index (χ2v) is 2.61. The Labute approximate surface area is 62.5 Å². The normalized spacial score (nSPS) is 17.9. The van der Waals surface area contributed by atoms with Gasteiger partial charge in [-0.25, -0.2) is 4.39 Å². The summed E-state index contributed by atoms with van der Waals surface area (Å²) in [5, 5.41) is 2.05. The minimum atomic E-state index is -2.64. The van der Waals surface area contributed by atoms with Gasteiger partial charge in [-0.2, -0.15) is 0 Å². The van der Waals surface area contributed by atoms with Gasteiger partial charge in [0.25, 0.3) is 0 Å². The first kappa shape index (κ1) is 8.73. The molecule has 2 atom stereocenters. The van der Waals surface area contributed by atoms with Crippen LogP contribution < -0.4 is 5.32 Å². The lowest BCUT2D eigenvalue weighted by atomic mass is 11.2. The number of rotatable bonds is 3. The lowest BCUT2D eigenvalue weighted by molar-refractivity contribution is 0.364. The zero-order valence-corrected chi connectivity index (χ0v) is 6.74. The third-order valence-electron chi connectivity index (χ3n) is 0.407. The molecule has 0 rings (SSSR count). The average Bonchev–Trinajstić information content (AvgIpc) is 1.67. The van der Waals surface area contributed by atoms with E-state index in [2.05, 4.69) is 5.32 Å². The van der Waals surface area contributed by atoms with E-state index in [1.807, 2.05) is 22.6 Å². The fraction of sp³-hybridized carbons (Fsp3) is 1.00. The Kier molecular flexibility index (Phi) is 5.01. The lowest BCUT2D eigenvalue weighted by Crippen LogP contribution is -2.27. The average molecular weight is 252 g/mol. The number of nitrogens with one attached hydrogen (secondary N) is 1. The molecule has 2 unspecified atom stereocenters. The summed E-state index contributed by atoms with van der Waals surface area (Å²) < 4.78 is 31.4. The van der Waals surface area contributed by atoms with Crippen molar-refractivity contribution in [1.29, 1.82) is 0 Å². The molecule has 0 aliphatic rings. The Hall–Kier alpha value is 0.730. The molecule has 0 fully saturated rings. The largest absolute Gasteiger partial charge is 0.769 e. The standard InChI is InChI=1S/C2H5FINO2S/c3-2(5-1-4)8(6)7/h2,5H,1H2,(H,6,7)/p-1. The van der Waals surface area contributed by atoms with E-state index < -0.39 is 16.7 Å². The van der Waals surface area contributed by atoms with Crippen molar-refractivity contribution >= 4 is 33.7 Å². The van der Waals surface area contributed by atoms with E-state index in [0.717, 1.165) is 0 Å². The molecule has 6 heteroatoms. The van der Waals surface area contributed by atoms with Crippen LogP contribution in [0.25, 0.3) is 0 Å². The summed E-state index contributed by atoms with van der Waals surface area (Å²) >= 11 is -0.831. The van der Waals surface area contributed by atoms with Crippen molar-refractivity contribution in [2.75, 3.05) is 4.55 Å². The van der Waals surface area contributed by atoms with Crippen LogP contribution >= 0.6 is 22.6 Å². The molecule has 0 aromatic heterocycles. The van der Waals surface area contributed by atoms with Gasteiger partial charge in [0.1, 0.15) is 0 Å². The van der Waals surface area contributed by atoms with Crippen LogP contribution in [0.4, 0.5) is 4.39 Å². The summed E-state index contributed by atoms with van der Waals surface area (Å²) in [5.74, 6) is 0. The van der Waals surface area contributed by atoms with Gasteiger partial charge in [0.05, 0.1) is 4.55 Å². The highest BCUT2D eigenvalue weighted by atomic mass is 127. The maximum absolute atomic E-state index is 11.8. The van der Waals surface area contributed by atoms with Crippen molar-refractivity contribution in [3.63, 3.8) is 0 Å². The molecule has 0 saturated carbocycles. The Morgan fingerprint density at radius 2 is 2.50 bits per heavy atom. The van der Waals surface area contributed by atoms with Gasteiger partial charge in [0, 0.05) is 0 Å². The van der Waals surface area contributed by atoms with Crippen LogP contribution in [0, 0.1) is 0 Å². The van der Waals surface area contributed by atoms with E-state index in [0.29, 0.717) is 0 Å². The maximum Gasteiger partial charge on any atom is 0.214 e. The van der Waals surface area contributed by atoms with Crippen LogP contribution in [0.1, 0.15) is 0 Å². The van der Waals surface area contributed by atoms with E-state index in [-0.39, 0.29) is 4.55 Å². The summed E-state index contributed by atoms with van der Waals surface area (Å²) in [4.78, 5) is 0. The van der Waals surface area contributed by atoms with Crippen LogP contribution in [0.15, 0.2) is 0 Å². The third-order valence-corrected chi connectivity index (χ3v) is 1.35. The Bertz CT molecular complexity index is 92.1. The summed E-state index contributed by atoms with van der Waals surface area (Å²) in [5.41, 5.74) is -1.92.